The van der Waals surface area contributed by atoms with Crippen molar-refractivity contribution >= 4 is 24.1 Å². The van der Waals surface area contributed by atoms with Gasteiger partial charge >= 0.3 is 11.9 Å². The smallest absolute Gasteiger partial charge is 0.330 e. The molecule has 0 aromatic heterocycles. The molecule has 1 atom stereocenters. The van der Waals surface area contributed by atoms with E-state index in [0.29, 0.717) is 0 Å². The molecule has 4 nitrogen and oxygen atoms in total. The highest BCUT2D eigenvalue weighted by Gasteiger charge is 2.07. The predicted molar refractivity (Wildman–Crippen MR) is 93.5 cm³/mol. The minimum atomic E-state index is -0.540. The second kappa shape index (κ2) is 11.7. The van der Waals surface area contributed by atoms with Crippen molar-refractivity contribution in [2.24, 2.45) is 0 Å². The molecule has 0 saturated heterocycles. The van der Waals surface area contributed by atoms with E-state index in [1.54, 1.807) is 6.92 Å². The Kier molecular flexibility index (Phi) is 10.3. The standard InChI is InChI=1S/C10H10.C9H12O4/c1-3-9-7-5-6-8-10(9)4-2;1-4-8(10)12-6-7(3)13-9(11)5-2/h3-8H,1-2H2;4-5,7H,1-2,6H2,3H3. The summed E-state index contributed by atoms with van der Waals surface area (Å²) < 4.78 is 9.36. The van der Waals surface area contributed by atoms with Crippen LogP contribution in [0.25, 0.3) is 12.2 Å². The van der Waals surface area contributed by atoms with Gasteiger partial charge in [-0.1, -0.05) is 62.7 Å². The third-order valence-corrected chi connectivity index (χ3v) is 2.55. The minimum absolute atomic E-state index is 0.0183. The summed E-state index contributed by atoms with van der Waals surface area (Å²) in [6, 6.07) is 8.02. The average molecular weight is 314 g/mol. The van der Waals surface area contributed by atoms with E-state index in [-0.39, 0.29) is 6.61 Å². The topological polar surface area (TPSA) is 52.6 Å². The van der Waals surface area contributed by atoms with Crippen LogP contribution in [0.5, 0.6) is 0 Å². The molecule has 0 aliphatic carbocycles. The van der Waals surface area contributed by atoms with Crippen molar-refractivity contribution in [3.8, 4) is 0 Å². The predicted octanol–water partition coefficient (Wildman–Crippen LogP) is 3.81. The van der Waals surface area contributed by atoms with Gasteiger partial charge in [0, 0.05) is 12.2 Å². The van der Waals surface area contributed by atoms with Crippen LogP contribution in [-0.4, -0.2) is 24.6 Å². The van der Waals surface area contributed by atoms with Gasteiger partial charge in [0.05, 0.1) is 0 Å². The lowest BCUT2D eigenvalue weighted by atomic mass is 10.1. The number of carbonyl (C=O) groups is 2. The Bertz CT molecular complexity index is 545. The van der Waals surface area contributed by atoms with E-state index in [2.05, 4.69) is 31.1 Å². The fourth-order valence-electron chi connectivity index (χ4n) is 1.42. The van der Waals surface area contributed by atoms with Gasteiger partial charge in [-0.25, -0.2) is 9.59 Å². The summed E-state index contributed by atoms with van der Waals surface area (Å²) >= 11 is 0. The second-order valence-electron chi connectivity index (χ2n) is 4.32. The Labute approximate surface area is 137 Å². The fraction of sp³-hybridized carbons (Fsp3) is 0.158. The largest absolute Gasteiger partial charge is 0.459 e. The highest BCUT2D eigenvalue weighted by molar-refractivity contribution is 5.82. The third kappa shape index (κ3) is 8.88. The zero-order valence-corrected chi connectivity index (χ0v) is 13.4. The van der Waals surface area contributed by atoms with Gasteiger partial charge < -0.3 is 9.47 Å². The monoisotopic (exact) mass is 314 g/mol. The van der Waals surface area contributed by atoms with Crippen LogP contribution in [0.4, 0.5) is 0 Å². The molecule has 0 fully saturated rings. The van der Waals surface area contributed by atoms with Gasteiger partial charge in [-0.3, -0.25) is 0 Å². The van der Waals surface area contributed by atoms with Gasteiger partial charge in [0.15, 0.2) is 0 Å². The van der Waals surface area contributed by atoms with E-state index in [0.717, 1.165) is 23.3 Å². The number of esters is 2. The van der Waals surface area contributed by atoms with E-state index >= 15 is 0 Å². The number of rotatable bonds is 7. The molecular formula is C19H22O4. The Morgan fingerprint density at radius 1 is 1.00 bits per heavy atom. The first-order valence-corrected chi connectivity index (χ1v) is 6.94. The zero-order chi connectivity index (χ0) is 17.7. The maximum atomic E-state index is 10.6. The molecule has 4 heteroatoms. The number of benzene rings is 1. The maximum Gasteiger partial charge on any atom is 0.330 e. The summed E-state index contributed by atoms with van der Waals surface area (Å²) in [7, 11) is 0. The lowest BCUT2D eigenvalue weighted by Gasteiger charge is -2.10. The summed E-state index contributed by atoms with van der Waals surface area (Å²) in [6.45, 7) is 15.5. The van der Waals surface area contributed by atoms with Gasteiger partial charge in [-0.15, -0.1) is 0 Å². The SMILES string of the molecule is C=CC(=O)OCC(C)OC(=O)C=C.C=Cc1ccccc1C=C. The van der Waals surface area contributed by atoms with E-state index in [1.165, 1.54) is 0 Å². The van der Waals surface area contributed by atoms with Gasteiger partial charge in [0.2, 0.25) is 0 Å². The third-order valence-electron chi connectivity index (χ3n) is 2.55. The molecule has 122 valence electrons. The number of ether oxygens (including phenoxy) is 2. The average Bonchev–Trinajstić information content (AvgIpc) is 2.59. The normalized spacial score (nSPS) is 10.1. The maximum absolute atomic E-state index is 10.6. The van der Waals surface area contributed by atoms with E-state index in [9.17, 15) is 9.59 Å². The van der Waals surface area contributed by atoms with Crippen LogP contribution in [0.3, 0.4) is 0 Å². The highest BCUT2D eigenvalue weighted by Crippen LogP contribution is 2.10. The summed E-state index contributed by atoms with van der Waals surface area (Å²) in [4.78, 5) is 21.2. The fourth-order valence-corrected chi connectivity index (χ4v) is 1.42. The Balaban J connectivity index is 0.000000433. The molecule has 1 aromatic carbocycles. The van der Waals surface area contributed by atoms with Crippen molar-refractivity contribution in [3.05, 3.63) is 73.9 Å². The van der Waals surface area contributed by atoms with Crippen LogP contribution in [0.15, 0.2) is 62.7 Å². The molecule has 0 N–H and O–H groups in total. The molecule has 23 heavy (non-hydrogen) atoms. The lowest BCUT2D eigenvalue weighted by molar-refractivity contribution is -0.151. The first-order chi connectivity index (χ1) is 11.0. The molecule has 1 aromatic rings. The molecule has 0 heterocycles. The lowest BCUT2D eigenvalue weighted by Crippen LogP contribution is -2.20. The Morgan fingerprint density at radius 2 is 1.48 bits per heavy atom. The molecule has 0 saturated carbocycles. The number of carbonyl (C=O) groups excluding carboxylic acids is 2. The molecule has 0 aliphatic rings. The molecule has 1 unspecified atom stereocenters. The van der Waals surface area contributed by atoms with Crippen LogP contribution in [-0.2, 0) is 19.1 Å². The number of hydrogen-bond donors (Lipinski definition) is 0. The summed E-state index contributed by atoms with van der Waals surface area (Å²) in [5.74, 6) is -1.08. The van der Waals surface area contributed by atoms with Crippen molar-refractivity contribution in [2.45, 2.75) is 13.0 Å². The second-order valence-corrected chi connectivity index (χ2v) is 4.32. The molecule has 1 rings (SSSR count). The van der Waals surface area contributed by atoms with E-state index in [1.807, 2.05) is 36.4 Å². The number of hydrogen-bond acceptors (Lipinski definition) is 4. The zero-order valence-electron chi connectivity index (χ0n) is 13.4. The quantitative estimate of drug-likeness (QED) is 0.567. The summed E-state index contributed by atoms with van der Waals surface area (Å²) in [5, 5.41) is 0. The van der Waals surface area contributed by atoms with Crippen LogP contribution in [0.2, 0.25) is 0 Å². The molecular weight excluding hydrogens is 292 g/mol. The van der Waals surface area contributed by atoms with Crippen molar-refractivity contribution in [2.75, 3.05) is 6.61 Å². The summed E-state index contributed by atoms with van der Waals surface area (Å²) in [5.41, 5.74) is 2.27. The first-order valence-electron chi connectivity index (χ1n) is 6.94. The van der Waals surface area contributed by atoms with Crippen LogP contribution in [0, 0.1) is 0 Å². The Hall–Kier alpha value is -2.88. The molecule has 0 bridgehead atoms. The molecule has 0 aliphatic heterocycles. The van der Waals surface area contributed by atoms with Gasteiger partial charge in [-0.05, 0) is 18.1 Å². The summed E-state index contributed by atoms with van der Waals surface area (Å²) in [6.07, 6.45) is 5.27. The van der Waals surface area contributed by atoms with Gasteiger partial charge in [0.25, 0.3) is 0 Å². The van der Waals surface area contributed by atoms with Crippen LogP contribution < -0.4 is 0 Å². The molecule has 0 amide bonds. The van der Waals surface area contributed by atoms with Crippen LogP contribution >= 0.6 is 0 Å². The Morgan fingerprint density at radius 3 is 1.87 bits per heavy atom. The van der Waals surface area contributed by atoms with Gasteiger partial charge in [-0.2, -0.15) is 0 Å². The molecule has 0 radical (unpaired) electrons. The van der Waals surface area contributed by atoms with Crippen molar-refractivity contribution in [1.82, 2.24) is 0 Å². The van der Waals surface area contributed by atoms with Crippen molar-refractivity contribution < 1.29 is 19.1 Å². The van der Waals surface area contributed by atoms with Crippen molar-refractivity contribution in [3.63, 3.8) is 0 Å². The molecule has 0 spiro atoms. The highest BCUT2D eigenvalue weighted by atomic mass is 16.6. The van der Waals surface area contributed by atoms with Crippen molar-refractivity contribution in [1.29, 1.82) is 0 Å². The van der Waals surface area contributed by atoms with E-state index in [4.69, 9.17) is 4.74 Å². The van der Waals surface area contributed by atoms with Crippen LogP contribution in [0.1, 0.15) is 18.1 Å². The first kappa shape index (κ1) is 20.1. The minimum Gasteiger partial charge on any atom is -0.459 e. The van der Waals surface area contributed by atoms with E-state index < -0.39 is 18.0 Å². The van der Waals surface area contributed by atoms with Gasteiger partial charge in [0.1, 0.15) is 12.7 Å².